The average molecular weight is 618 g/mol. The predicted molar refractivity (Wildman–Crippen MR) is 157 cm³/mol. The number of fused-ring (bicyclic) bond motifs is 1. The van der Waals surface area contributed by atoms with E-state index in [1.54, 1.807) is 50.5 Å². The van der Waals surface area contributed by atoms with Gasteiger partial charge in [0.15, 0.2) is 0 Å². The van der Waals surface area contributed by atoms with E-state index in [-0.39, 0.29) is 24.3 Å². The standard InChI is InChI=1S/C29H26BF3N8O4/c1-28(2)23-20(30(45-28)43-16-29(31,32)33)8-9-22(37-23)38-27-35-14-19(26-39-24(41-44-26)18-10-12-34-13-11-18)25(40-27)36-21(15-42)17-6-4-3-5-7-17/h3-14,21,42H,15-16H2,1-2H3,(H2,35,36,37,38,40)/t21-/m1/s1. The van der Waals surface area contributed by atoms with Crippen LogP contribution >= 0.6 is 0 Å². The monoisotopic (exact) mass is 618 g/mol. The third kappa shape index (κ3) is 6.77. The van der Waals surface area contributed by atoms with Gasteiger partial charge in [-0.2, -0.15) is 23.1 Å². The number of rotatable bonds is 10. The normalized spacial score (nSPS) is 14.7. The van der Waals surface area contributed by atoms with Crippen molar-refractivity contribution in [2.75, 3.05) is 23.8 Å². The molecule has 1 aromatic carbocycles. The summed E-state index contributed by atoms with van der Waals surface area (Å²) in [5, 5.41) is 20.6. The van der Waals surface area contributed by atoms with Gasteiger partial charge >= 0.3 is 13.3 Å². The minimum atomic E-state index is -4.50. The lowest BCUT2D eigenvalue weighted by molar-refractivity contribution is -0.157. The summed E-state index contributed by atoms with van der Waals surface area (Å²) in [7, 11) is -1.22. The molecule has 0 bridgehead atoms. The Morgan fingerprint density at radius 2 is 1.80 bits per heavy atom. The van der Waals surface area contributed by atoms with Crippen molar-refractivity contribution in [3.05, 3.63) is 84.4 Å². The highest BCUT2D eigenvalue weighted by Crippen LogP contribution is 2.33. The van der Waals surface area contributed by atoms with Gasteiger partial charge in [0.2, 0.25) is 11.8 Å². The Morgan fingerprint density at radius 1 is 1.02 bits per heavy atom. The quantitative estimate of drug-likeness (QED) is 0.190. The van der Waals surface area contributed by atoms with Gasteiger partial charge in [-0.15, -0.1) is 0 Å². The van der Waals surface area contributed by atoms with Gasteiger partial charge in [-0.1, -0.05) is 41.6 Å². The zero-order valence-corrected chi connectivity index (χ0v) is 24.0. The maximum absolute atomic E-state index is 12.8. The van der Waals surface area contributed by atoms with E-state index in [4.69, 9.17) is 13.8 Å². The Balaban J connectivity index is 1.31. The van der Waals surface area contributed by atoms with Gasteiger partial charge in [0, 0.05) is 29.6 Å². The molecule has 1 aliphatic heterocycles. The van der Waals surface area contributed by atoms with Crippen LogP contribution in [-0.4, -0.2) is 61.7 Å². The highest BCUT2D eigenvalue weighted by Gasteiger charge is 2.45. The van der Waals surface area contributed by atoms with Crippen LogP contribution in [0.3, 0.4) is 0 Å². The second-order valence-corrected chi connectivity index (χ2v) is 10.6. The average Bonchev–Trinajstić information content (AvgIpc) is 3.62. The van der Waals surface area contributed by atoms with E-state index >= 15 is 0 Å². The van der Waals surface area contributed by atoms with E-state index in [1.807, 2.05) is 30.3 Å². The van der Waals surface area contributed by atoms with Crippen molar-refractivity contribution in [3.63, 3.8) is 0 Å². The predicted octanol–water partition coefficient (Wildman–Crippen LogP) is 4.41. The number of benzene rings is 1. The van der Waals surface area contributed by atoms with Gasteiger partial charge in [0.1, 0.15) is 23.8 Å². The molecular formula is C29H26BF3N8O4. The molecule has 0 aliphatic carbocycles. The maximum Gasteiger partial charge on any atom is 0.496 e. The number of nitrogens with zero attached hydrogens (tertiary/aromatic N) is 6. The number of alkyl halides is 3. The number of pyridine rings is 2. The smallest absolute Gasteiger partial charge is 0.398 e. The minimum absolute atomic E-state index is 0.133. The molecule has 0 amide bonds. The molecule has 1 aliphatic rings. The van der Waals surface area contributed by atoms with Gasteiger partial charge in [-0.05, 0) is 37.6 Å². The summed E-state index contributed by atoms with van der Waals surface area (Å²) >= 11 is 0. The van der Waals surface area contributed by atoms with Crippen LogP contribution in [0.15, 0.2) is 77.7 Å². The summed E-state index contributed by atoms with van der Waals surface area (Å²) < 4.78 is 54.6. The molecule has 6 rings (SSSR count). The Kier molecular flexibility index (Phi) is 8.18. The van der Waals surface area contributed by atoms with E-state index in [2.05, 4.69) is 40.7 Å². The van der Waals surface area contributed by atoms with Gasteiger partial charge in [0.05, 0.1) is 23.9 Å². The van der Waals surface area contributed by atoms with E-state index in [9.17, 15) is 18.3 Å². The fraction of sp³-hybridized carbons (Fsp3) is 0.241. The molecule has 3 N–H and O–H groups in total. The number of aliphatic hydroxyl groups excluding tert-OH is 1. The number of hydrogen-bond acceptors (Lipinski definition) is 12. The SMILES string of the molecule is CC1(C)OB(OCC(F)(F)F)c2ccc(Nc3ncc(-c4nc(-c5ccncc5)no4)c(N[C@H](CO)c4ccccc4)n3)nc21. The summed E-state index contributed by atoms with van der Waals surface area (Å²) in [5.41, 5.74) is 1.68. The largest absolute Gasteiger partial charge is 0.496 e. The minimum Gasteiger partial charge on any atom is -0.398 e. The first-order chi connectivity index (χ1) is 21.6. The van der Waals surface area contributed by atoms with Crippen LogP contribution in [0.2, 0.25) is 0 Å². The number of hydrogen-bond donors (Lipinski definition) is 3. The molecule has 0 radical (unpaired) electrons. The molecule has 16 heteroatoms. The van der Waals surface area contributed by atoms with Crippen molar-refractivity contribution in [1.29, 1.82) is 0 Å². The molecular weight excluding hydrogens is 592 g/mol. The third-order valence-electron chi connectivity index (χ3n) is 6.87. The van der Waals surface area contributed by atoms with Crippen LogP contribution < -0.4 is 16.1 Å². The van der Waals surface area contributed by atoms with Crippen molar-refractivity contribution in [1.82, 2.24) is 30.1 Å². The molecule has 1 atom stereocenters. The lowest BCUT2D eigenvalue weighted by atomic mass is 9.80. The molecule has 0 fully saturated rings. The van der Waals surface area contributed by atoms with Crippen LogP contribution in [0, 0.1) is 0 Å². The van der Waals surface area contributed by atoms with Crippen LogP contribution in [0.5, 0.6) is 0 Å². The molecule has 0 saturated heterocycles. The van der Waals surface area contributed by atoms with Crippen LogP contribution in [-0.2, 0) is 14.9 Å². The first-order valence-corrected chi connectivity index (χ1v) is 13.8. The summed E-state index contributed by atoms with van der Waals surface area (Å²) in [6, 6.07) is 15.4. The number of nitrogens with one attached hydrogen (secondary N) is 2. The van der Waals surface area contributed by atoms with E-state index in [1.165, 1.54) is 6.20 Å². The molecule has 12 nitrogen and oxygen atoms in total. The lowest BCUT2D eigenvalue weighted by Crippen LogP contribution is -2.36. The van der Waals surface area contributed by atoms with Crippen LogP contribution in [0.1, 0.15) is 31.1 Å². The number of aromatic nitrogens is 6. The highest BCUT2D eigenvalue weighted by molar-refractivity contribution is 6.63. The van der Waals surface area contributed by atoms with Crippen LogP contribution in [0.4, 0.5) is 30.8 Å². The van der Waals surface area contributed by atoms with Gasteiger partial charge in [-0.3, -0.25) is 4.98 Å². The summed E-state index contributed by atoms with van der Waals surface area (Å²) in [5.74, 6) is 1.21. The zero-order valence-electron chi connectivity index (χ0n) is 24.0. The zero-order chi connectivity index (χ0) is 31.6. The van der Waals surface area contributed by atoms with Crippen molar-refractivity contribution in [2.24, 2.45) is 0 Å². The van der Waals surface area contributed by atoms with E-state index in [0.29, 0.717) is 33.9 Å². The fourth-order valence-corrected chi connectivity index (χ4v) is 4.75. The Hall–Kier alpha value is -4.93. The lowest BCUT2D eigenvalue weighted by Gasteiger charge is -2.20. The maximum atomic E-state index is 12.8. The van der Waals surface area contributed by atoms with Crippen molar-refractivity contribution < 1.29 is 32.1 Å². The first-order valence-electron chi connectivity index (χ1n) is 13.8. The summed E-state index contributed by atoms with van der Waals surface area (Å²) in [4.78, 5) is 22.2. The van der Waals surface area contributed by atoms with Gasteiger partial charge in [-0.25, -0.2) is 9.97 Å². The van der Waals surface area contributed by atoms with Crippen molar-refractivity contribution in [2.45, 2.75) is 31.7 Å². The number of halogens is 3. The third-order valence-corrected chi connectivity index (χ3v) is 6.87. The van der Waals surface area contributed by atoms with E-state index < -0.39 is 31.5 Å². The molecule has 0 saturated carbocycles. The van der Waals surface area contributed by atoms with Crippen molar-refractivity contribution in [3.8, 4) is 22.8 Å². The fourth-order valence-electron chi connectivity index (χ4n) is 4.75. The molecule has 5 aromatic rings. The highest BCUT2D eigenvalue weighted by atomic mass is 19.4. The molecule has 5 heterocycles. The molecule has 45 heavy (non-hydrogen) atoms. The Labute approximate surface area is 255 Å². The molecule has 0 unspecified atom stereocenters. The van der Waals surface area contributed by atoms with Crippen LogP contribution in [0.25, 0.3) is 22.8 Å². The second kappa shape index (κ2) is 12.2. The molecule has 230 valence electrons. The van der Waals surface area contributed by atoms with Gasteiger partial charge in [0.25, 0.3) is 5.89 Å². The second-order valence-electron chi connectivity index (χ2n) is 10.6. The topological polar surface area (TPSA) is 153 Å². The Bertz CT molecular complexity index is 1780. The number of anilines is 3. The Morgan fingerprint density at radius 3 is 2.53 bits per heavy atom. The van der Waals surface area contributed by atoms with Crippen molar-refractivity contribution >= 4 is 30.2 Å². The summed E-state index contributed by atoms with van der Waals surface area (Å²) in [6.07, 6.45) is 0.216. The first kappa shape index (κ1) is 30.1. The van der Waals surface area contributed by atoms with E-state index in [0.717, 1.165) is 5.56 Å². The molecule has 0 spiro atoms. The number of aliphatic hydroxyl groups is 1. The molecule has 4 aromatic heterocycles. The summed E-state index contributed by atoms with van der Waals surface area (Å²) in [6.45, 7) is 1.68. The van der Waals surface area contributed by atoms with Gasteiger partial charge < -0.3 is 29.6 Å².